The van der Waals surface area contributed by atoms with E-state index in [1.165, 1.54) is 25.7 Å². The third-order valence-electron chi connectivity index (χ3n) is 4.60. The zero-order valence-electron chi connectivity index (χ0n) is 15.6. The Bertz CT molecular complexity index is 770. The van der Waals surface area contributed by atoms with Crippen LogP contribution in [0.4, 0.5) is 11.5 Å². The van der Waals surface area contributed by atoms with E-state index in [1.807, 2.05) is 12.3 Å². The van der Waals surface area contributed by atoms with E-state index in [-0.39, 0.29) is 0 Å². The maximum absolute atomic E-state index is 6.12. The number of nitrogens with one attached hydrogen (secondary N) is 1. The van der Waals surface area contributed by atoms with Gasteiger partial charge in [0.2, 0.25) is 0 Å². The van der Waals surface area contributed by atoms with Gasteiger partial charge in [0, 0.05) is 25.0 Å². The van der Waals surface area contributed by atoms with Gasteiger partial charge < -0.3 is 20.7 Å². The monoisotopic (exact) mass is 387 g/mol. The van der Waals surface area contributed by atoms with Gasteiger partial charge in [-0.2, -0.15) is 0 Å². The molecule has 0 aliphatic carbocycles. The predicted octanol–water partition coefficient (Wildman–Crippen LogP) is 4.05. The molecule has 0 atom stereocenters. The molecule has 1 aliphatic heterocycles. The zero-order valence-corrected chi connectivity index (χ0v) is 16.4. The number of rotatable bonds is 5. The van der Waals surface area contributed by atoms with Gasteiger partial charge >= 0.3 is 0 Å². The van der Waals surface area contributed by atoms with Crippen molar-refractivity contribution < 1.29 is 4.74 Å². The van der Waals surface area contributed by atoms with Crippen LogP contribution in [0.1, 0.15) is 31.2 Å². The lowest BCUT2D eigenvalue weighted by Gasteiger charge is -2.21. The van der Waals surface area contributed by atoms with Crippen molar-refractivity contribution in [3.05, 3.63) is 47.1 Å². The topological polar surface area (TPSA) is 75.8 Å². The molecule has 27 heavy (non-hydrogen) atoms. The molecule has 1 aromatic carbocycles. The molecular formula is C20H26ClN5O. The van der Waals surface area contributed by atoms with Crippen molar-refractivity contribution in [1.29, 1.82) is 0 Å². The summed E-state index contributed by atoms with van der Waals surface area (Å²) in [6.07, 6.45) is 6.99. The Morgan fingerprint density at radius 3 is 2.63 bits per heavy atom. The van der Waals surface area contributed by atoms with E-state index >= 15 is 0 Å². The first-order valence-electron chi connectivity index (χ1n) is 9.26. The highest BCUT2D eigenvalue weighted by atomic mass is 35.5. The van der Waals surface area contributed by atoms with Crippen molar-refractivity contribution in [2.24, 2.45) is 10.7 Å². The number of hydrogen-bond donors (Lipinski definition) is 2. The summed E-state index contributed by atoms with van der Waals surface area (Å²) in [6.45, 7) is 2.65. The fourth-order valence-electron chi connectivity index (χ4n) is 3.11. The number of aliphatic imine (C=N–C) groups is 1. The van der Waals surface area contributed by atoms with E-state index in [2.05, 4.69) is 32.3 Å². The first-order chi connectivity index (χ1) is 13.2. The Balaban J connectivity index is 1.57. The maximum atomic E-state index is 6.12. The fraction of sp³-hybridized carbons (Fsp3) is 0.400. The van der Waals surface area contributed by atoms with Crippen LogP contribution < -0.4 is 20.7 Å². The average Bonchev–Trinajstić information content (AvgIpc) is 2.96. The second kappa shape index (κ2) is 9.46. The molecule has 0 spiro atoms. The summed E-state index contributed by atoms with van der Waals surface area (Å²) in [5, 5.41) is 3.55. The molecule has 7 heteroatoms. The lowest BCUT2D eigenvalue weighted by atomic mass is 10.2. The van der Waals surface area contributed by atoms with Gasteiger partial charge in [0.15, 0.2) is 5.96 Å². The minimum absolute atomic E-state index is 0.327. The number of aromatic nitrogens is 1. The van der Waals surface area contributed by atoms with Crippen molar-refractivity contribution in [2.45, 2.75) is 32.2 Å². The van der Waals surface area contributed by atoms with Crippen LogP contribution in [0.3, 0.4) is 0 Å². The number of guanidine groups is 1. The number of halogens is 1. The van der Waals surface area contributed by atoms with Crippen LogP contribution in [0.25, 0.3) is 0 Å². The molecule has 1 aliphatic rings. The molecule has 3 rings (SSSR count). The number of methoxy groups -OCH3 is 1. The summed E-state index contributed by atoms with van der Waals surface area (Å²) < 4.78 is 5.14. The van der Waals surface area contributed by atoms with E-state index in [9.17, 15) is 0 Å². The number of anilines is 2. The Labute approximate surface area is 165 Å². The van der Waals surface area contributed by atoms with Crippen LogP contribution >= 0.6 is 11.6 Å². The van der Waals surface area contributed by atoms with Gasteiger partial charge in [0.1, 0.15) is 11.6 Å². The second-order valence-electron chi connectivity index (χ2n) is 6.60. The van der Waals surface area contributed by atoms with Gasteiger partial charge in [-0.3, -0.25) is 0 Å². The lowest BCUT2D eigenvalue weighted by Crippen LogP contribution is -2.24. The van der Waals surface area contributed by atoms with Crippen molar-refractivity contribution >= 4 is 29.1 Å². The molecule has 1 aromatic heterocycles. The SMILES string of the molecule is COc1ccc(NC(N)=NCc2ccc(N3CCCCCC3)nc2)cc1Cl. The average molecular weight is 388 g/mol. The van der Waals surface area contributed by atoms with Crippen molar-refractivity contribution in [3.8, 4) is 5.75 Å². The van der Waals surface area contributed by atoms with Crippen molar-refractivity contribution in [1.82, 2.24) is 4.98 Å². The quantitative estimate of drug-likeness (QED) is 0.597. The molecule has 6 nitrogen and oxygen atoms in total. The number of hydrogen-bond acceptors (Lipinski definition) is 4. The first-order valence-corrected chi connectivity index (χ1v) is 9.64. The Morgan fingerprint density at radius 1 is 1.22 bits per heavy atom. The summed E-state index contributed by atoms with van der Waals surface area (Å²) in [5.74, 6) is 1.99. The fourth-order valence-corrected chi connectivity index (χ4v) is 3.36. The van der Waals surface area contributed by atoms with Crippen LogP contribution in [0.2, 0.25) is 5.02 Å². The molecule has 3 N–H and O–H groups in total. The van der Waals surface area contributed by atoms with E-state index in [0.717, 1.165) is 30.2 Å². The molecule has 1 saturated heterocycles. The van der Waals surface area contributed by atoms with Gasteiger partial charge in [-0.15, -0.1) is 0 Å². The van der Waals surface area contributed by atoms with E-state index in [4.69, 9.17) is 22.1 Å². The van der Waals surface area contributed by atoms with Gasteiger partial charge in [-0.05, 0) is 42.7 Å². The second-order valence-corrected chi connectivity index (χ2v) is 7.01. The van der Waals surface area contributed by atoms with Crippen LogP contribution in [-0.4, -0.2) is 31.1 Å². The molecule has 144 valence electrons. The molecule has 1 fully saturated rings. The van der Waals surface area contributed by atoms with E-state index in [1.54, 1.807) is 19.2 Å². The smallest absolute Gasteiger partial charge is 0.193 e. The van der Waals surface area contributed by atoms with Gasteiger partial charge in [-0.1, -0.05) is 30.5 Å². The molecule has 2 heterocycles. The van der Waals surface area contributed by atoms with Crippen molar-refractivity contribution in [3.63, 3.8) is 0 Å². The zero-order chi connectivity index (χ0) is 19.1. The standard InChI is InChI=1S/C20H26ClN5O/c1-27-18-8-7-16(12-17(18)21)25-20(22)24-14-15-6-9-19(23-13-15)26-10-4-2-3-5-11-26/h6-9,12-13H,2-5,10-11,14H2,1H3,(H3,22,24,25). The highest BCUT2D eigenvalue weighted by Gasteiger charge is 2.10. The highest BCUT2D eigenvalue weighted by molar-refractivity contribution is 6.32. The molecule has 0 saturated carbocycles. The molecular weight excluding hydrogens is 362 g/mol. The molecule has 0 unspecified atom stereocenters. The summed E-state index contributed by atoms with van der Waals surface area (Å²) in [6, 6.07) is 9.51. The van der Waals surface area contributed by atoms with Crippen molar-refractivity contribution in [2.75, 3.05) is 30.4 Å². The normalized spacial score (nSPS) is 15.3. The molecule has 0 amide bonds. The number of pyridine rings is 1. The first kappa shape index (κ1) is 19.3. The summed E-state index contributed by atoms with van der Waals surface area (Å²) in [4.78, 5) is 11.3. The number of benzene rings is 1. The van der Waals surface area contributed by atoms with Gasteiger partial charge in [0.25, 0.3) is 0 Å². The summed E-state index contributed by atoms with van der Waals surface area (Å²) >= 11 is 6.12. The van der Waals surface area contributed by atoms with E-state index < -0.39 is 0 Å². The Hall–Kier alpha value is -2.47. The number of nitrogens with zero attached hydrogens (tertiary/aromatic N) is 3. The summed E-state index contributed by atoms with van der Waals surface area (Å²) in [5.41, 5.74) is 7.75. The largest absolute Gasteiger partial charge is 0.495 e. The Morgan fingerprint density at radius 2 is 2.00 bits per heavy atom. The Kier molecular flexibility index (Phi) is 6.76. The molecule has 0 bridgehead atoms. The highest BCUT2D eigenvalue weighted by Crippen LogP contribution is 2.27. The third kappa shape index (κ3) is 5.50. The molecule has 0 radical (unpaired) electrons. The van der Waals surface area contributed by atoms with Crippen LogP contribution in [0.5, 0.6) is 5.75 Å². The van der Waals surface area contributed by atoms with Crippen LogP contribution in [0.15, 0.2) is 41.5 Å². The summed E-state index contributed by atoms with van der Waals surface area (Å²) in [7, 11) is 1.58. The van der Waals surface area contributed by atoms with Gasteiger partial charge in [-0.25, -0.2) is 9.98 Å². The maximum Gasteiger partial charge on any atom is 0.193 e. The number of ether oxygens (including phenoxy) is 1. The third-order valence-corrected chi connectivity index (χ3v) is 4.89. The van der Waals surface area contributed by atoms with E-state index in [0.29, 0.717) is 23.3 Å². The number of nitrogens with two attached hydrogens (primary N) is 1. The molecule has 2 aromatic rings. The minimum atomic E-state index is 0.327. The van der Waals surface area contributed by atoms with Gasteiger partial charge in [0.05, 0.1) is 18.7 Å². The minimum Gasteiger partial charge on any atom is -0.495 e. The van der Waals surface area contributed by atoms with Crippen LogP contribution in [0, 0.1) is 0 Å². The predicted molar refractivity (Wildman–Crippen MR) is 112 cm³/mol. The van der Waals surface area contributed by atoms with Crippen LogP contribution in [-0.2, 0) is 6.54 Å². The lowest BCUT2D eigenvalue weighted by molar-refractivity contribution is 0.415.